The summed E-state index contributed by atoms with van der Waals surface area (Å²) < 4.78 is 57.0. The van der Waals surface area contributed by atoms with Crippen LogP contribution in [-0.2, 0) is 22.7 Å². The zero-order chi connectivity index (χ0) is 30.2. The molecule has 0 aromatic heterocycles. The minimum Gasteiger partial charge on any atom is -0.482 e. The molecule has 0 aliphatic rings. The van der Waals surface area contributed by atoms with Gasteiger partial charge in [-0.15, -0.1) is 0 Å². The summed E-state index contributed by atoms with van der Waals surface area (Å²) in [6.07, 6.45) is 0.784. The van der Waals surface area contributed by atoms with Gasteiger partial charge in [0.15, 0.2) is 6.61 Å². The Kier molecular flexibility index (Phi) is 14.6. The number of carboxylic acid groups (broad SMARTS) is 1. The Morgan fingerprint density at radius 3 is 2.15 bits per heavy atom. The van der Waals surface area contributed by atoms with Crippen LogP contribution in [0.15, 0.2) is 48.5 Å². The van der Waals surface area contributed by atoms with Crippen LogP contribution in [0.1, 0.15) is 40.0 Å². The number of hydrogen-bond acceptors (Lipinski definition) is 7. The molecule has 0 radical (unpaired) electrons. The molecule has 0 spiro atoms. The second kappa shape index (κ2) is 17.3. The van der Waals surface area contributed by atoms with Crippen molar-refractivity contribution in [3.8, 4) is 5.75 Å². The van der Waals surface area contributed by atoms with Crippen LogP contribution < -0.4 is 20.7 Å². The van der Waals surface area contributed by atoms with Crippen molar-refractivity contribution in [2.75, 3.05) is 26.0 Å². The van der Waals surface area contributed by atoms with E-state index in [-0.39, 0.29) is 30.4 Å². The minimum absolute atomic E-state index is 0.0535. The smallest absolute Gasteiger partial charge is 0.341 e. The second-order valence-corrected chi connectivity index (χ2v) is 8.13. The van der Waals surface area contributed by atoms with E-state index in [0.717, 1.165) is 17.5 Å². The number of benzene rings is 3. The van der Waals surface area contributed by atoms with Crippen molar-refractivity contribution in [2.24, 2.45) is 0 Å². The maximum Gasteiger partial charge on any atom is 0.341 e. The zero-order valence-corrected chi connectivity index (χ0v) is 22.2. The number of anilines is 1. The van der Waals surface area contributed by atoms with Crippen LogP contribution in [0.4, 0.5) is 23.2 Å². The molecular weight excluding hydrogens is 534 g/mol. The lowest BCUT2D eigenvalue weighted by molar-refractivity contribution is -0.139. The lowest BCUT2D eigenvalue weighted by Crippen LogP contribution is -2.20. The summed E-state index contributed by atoms with van der Waals surface area (Å²) in [5.74, 6) is -4.04. The summed E-state index contributed by atoms with van der Waals surface area (Å²) in [6.45, 7) is 3.76. The number of carbonyl (C=O) groups excluding carboxylic acids is 2. The largest absolute Gasteiger partial charge is 0.482 e. The number of hydrogen-bond donors (Lipinski definition) is 4. The van der Waals surface area contributed by atoms with Gasteiger partial charge in [-0.3, -0.25) is 4.79 Å². The van der Waals surface area contributed by atoms with Crippen LogP contribution in [-0.4, -0.2) is 44.9 Å². The Hall–Kier alpha value is -4.29. The van der Waals surface area contributed by atoms with Crippen LogP contribution in [0.3, 0.4) is 0 Å². The van der Waals surface area contributed by atoms with E-state index < -0.39 is 35.8 Å². The van der Waals surface area contributed by atoms with Gasteiger partial charge >= 0.3 is 5.97 Å². The molecule has 0 bridgehead atoms. The molecule has 0 heterocycles. The number of aldehydes is 1. The van der Waals surface area contributed by atoms with Crippen molar-refractivity contribution in [2.45, 2.75) is 26.1 Å². The van der Waals surface area contributed by atoms with Crippen molar-refractivity contribution in [3.63, 3.8) is 0 Å². The highest BCUT2D eigenvalue weighted by Gasteiger charge is 2.13. The van der Waals surface area contributed by atoms with Crippen molar-refractivity contribution in [1.82, 2.24) is 10.6 Å². The molecule has 1 atom stereocenters. The Morgan fingerprint density at radius 2 is 1.62 bits per heavy atom. The summed E-state index contributed by atoms with van der Waals surface area (Å²) in [5.41, 5.74) is 2.66. The predicted octanol–water partition coefficient (Wildman–Crippen LogP) is 4.63. The quantitative estimate of drug-likeness (QED) is 0.197. The van der Waals surface area contributed by atoms with Crippen molar-refractivity contribution in [3.05, 3.63) is 94.1 Å². The molecule has 216 valence electrons. The Balaban J connectivity index is 0.000000477. The highest BCUT2D eigenvalue weighted by molar-refractivity contribution is 5.78. The molecule has 12 heteroatoms. The molecule has 0 fully saturated rings. The lowest BCUT2D eigenvalue weighted by Gasteiger charge is -2.19. The monoisotopic (exact) mass is 565 g/mol. The maximum atomic E-state index is 14.2. The fraction of sp³-hybridized carbons (Fsp3) is 0.250. The number of aliphatic carboxylic acids is 1. The van der Waals surface area contributed by atoms with Gasteiger partial charge in [0.1, 0.15) is 42.1 Å². The van der Waals surface area contributed by atoms with Crippen molar-refractivity contribution in [1.29, 1.82) is 0 Å². The summed E-state index contributed by atoms with van der Waals surface area (Å²) in [7, 11) is 3.33. The van der Waals surface area contributed by atoms with E-state index >= 15 is 0 Å². The first-order valence-electron chi connectivity index (χ1n) is 11.8. The molecule has 3 aromatic carbocycles. The van der Waals surface area contributed by atoms with E-state index in [4.69, 9.17) is 14.6 Å². The lowest BCUT2D eigenvalue weighted by atomic mass is 10.0. The van der Waals surface area contributed by atoms with E-state index in [0.29, 0.717) is 23.3 Å². The fourth-order valence-electron chi connectivity index (χ4n) is 3.44. The number of ether oxygens (including phenoxy) is 1. The molecular formula is C28H31F4N3O5. The molecule has 0 saturated carbocycles. The van der Waals surface area contributed by atoms with Gasteiger partial charge in [-0.2, -0.15) is 0 Å². The first-order chi connectivity index (χ1) is 19.1. The maximum absolute atomic E-state index is 14.2. The van der Waals surface area contributed by atoms with Gasteiger partial charge in [-0.1, -0.05) is 18.2 Å². The summed E-state index contributed by atoms with van der Waals surface area (Å²) in [5, 5.41) is 17.4. The van der Waals surface area contributed by atoms with Crippen LogP contribution in [0, 0.1) is 23.3 Å². The van der Waals surface area contributed by atoms with Gasteiger partial charge in [0.2, 0.25) is 0 Å². The number of nitrogens with one attached hydrogen (secondary N) is 3. The number of rotatable bonds is 11. The normalized spacial score (nSPS) is 10.8. The third-order valence-electron chi connectivity index (χ3n) is 5.39. The molecule has 4 N–H and O–H groups in total. The molecule has 0 saturated heterocycles. The van der Waals surface area contributed by atoms with Gasteiger partial charge in [0, 0.05) is 66.8 Å². The average Bonchev–Trinajstić information content (AvgIpc) is 2.94. The second-order valence-electron chi connectivity index (χ2n) is 8.13. The van der Waals surface area contributed by atoms with Crippen molar-refractivity contribution < 1.29 is 41.8 Å². The molecule has 3 aromatic rings. The van der Waals surface area contributed by atoms with Crippen LogP contribution in [0.2, 0.25) is 0 Å². The van der Waals surface area contributed by atoms with Crippen LogP contribution in [0.25, 0.3) is 0 Å². The third kappa shape index (κ3) is 10.5. The van der Waals surface area contributed by atoms with E-state index in [2.05, 4.69) is 16.0 Å². The van der Waals surface area contributed by atoms with Gasteiger partial charge in [0.25, 0.3) is 0 Å². The third-order valence-corrected chi connectivity index (χ3v) is 5.39. The molecule has 40 heavy (non-hydrogen) atoms. The van der Waals surface area contributed by atoms with E-state index in [1.807, 2.05) is 19.8 Å². The summed E-state index contributed by atoms with van der Waals surface area (Å²) >= 11 is 0. The number of halogens is 4. The Bertz CT molecular complexity index is 1250. The van der Waals surface area contributed by atoms with Crippen LogP contribution in [0.5, 0.6) is 5.75 Å². The molecule has 0 aliphatic heterocycles. The van der Waals surface area contributed by atoms with E-state index in [1.165, 1.54) is 12.1 Å². The first kappa shape index (κ1) is 33.7. The van der Waals surface area contributed by atoms with Gasteiger partial charge in [-0.05, 0) is 31.7 Å². The fourth-order valence-corrected chi connectivity index (χ4v) is 3.44. The topological polar surface area (TPSA) is 117 Å². The van der Waals surface area contributed by atoms with Gasteiger partial charge in [-0.25, -0.2) is 22.4 Å². The highest BCUT2D eigenvalue weighted by atomic mass is 19.1. The summed E-state index contributed by atoms with van der Waals surface area (Å²) in [4.78, 5) is 29.4. The van der Waals surface area contributed by atoms with Crippen molar-refractivity contribution >= 4 is 24.7 Å². The molecule has 0 amide bonds. The SMILES string of the molecule is C=O.CNCc1c(F)cc(F)cc1F.CNc1cc(C=O)ccc1C(C)NCc1ccc(OCC(=O)O)cc1F. The Labute approximate surface area is 229 Å². The highest BCUT2D eigenvalue weighted by Crippen LogP contribution is 2.24. The minimum atomic E-state index is -1.12. The van der Waals surface area contributed by atoms with Gasteiger partial charge in [0.05, 0.1) is 0 Å². The molecule has 0 aliphatic carbocycles. The Morgan fingerprint density at radius 1 is 0.975 bits per heavy atom. The van der Waals surface area contributed by atoms with Crippen LogP contribution >= 0.6 is 0 Å². The predicted molar refractivity (Wildman–Crippen MR) is 142 cm³/mol. The average molecular weight is 566 g/mol. The van der Waals surface area contributed by atoms with E-state index in [1.54, 1.807) is 32.3 Å². The molecule has 1 unspecified atom stereocenters. The van der Waals surface area contributed by atoms with E-state index in [9.17, 15) is 27.2 Å². The number of carbonyl (C=O) groups is 3. The summed E-state index contributed by atoms with van der Waals surface area (Å²) in [6, 6.07) is 10.8. The molecule has 8 nitrogen and oxygen atoms in total. The standard InChI is InChI=1S/C19H21FN2O4.C8H8F3N.CH2O/c1-12(16-6-3-13(10-23)7-18(16)21-2)22-9-14-4-5-15(8-17(14)20)26-11-19(24)25;1-12-4-6-7(10)2-5(9)3-8(6)11;1-2/h3-8,10,12,21-22H,9,11H2,1-2H3,(H,24,25);2-3,12H,4H2,1H3;1H2. The number of carboxylic acids is 1. The first-order valence-corrected chi connectivity index (χ1v) is 11.8. The zero-order valence-electron chi connectivity index (χ0n) is 22.2. The molecule has 3 rings (SSSR count). The van der Waals surface area contributed by atoms with Gasteiger partial charge < -0.3 is 30.6 Å².